The lowest BCUT2D eigenvalue weighted by Crippen LogP contribution is -2.33. The van der Waals surface area contributed by atoms with Gasteiger partial charge >= 0.3 is 0 Å². The van der Waals surface area contributed by atoms with E-state index in [-0.39, 0.29) is 0 Å². The average Bonchev–Trinajstić information content (AvgIpc) is 2.75. The van der Waals surface area contributed by atoms with Crippen molar-refractivity contribution >= 4 is 11.3 Å². The SMILES string of the molecule is CCC(C)NCCNCCc1cscn1. The maximum absolute atomic E-state index is 4.24. The van der Waals surface area contributed by atoms with Gasteiger partial charge in [0.05, 0.1) is 11.2 Å². The van der Waals surface area contributed by atoms with Gasteiger partial charge in [-0.2, -0.15) is 0 Å². The Hall–Kier alpha value is -0.450. The third-order valence-electron chi connectivity index (χ3n) is 2.45. The van der Waals surface area contributed by atoms with Crippen molar-refractivity contribution in [2.75, 3.05) is 19.6 Å². The molecular weight excluding hydrogens is 206 g/mol. The summed E-state index contributed by atoms with van der Waals surface area (Å²) >= 11 is 1.66. The Morgan fingerprint density at radius 1 is 1.40 bits per heavy atom. The highest BCUT2D eigenvalue weighted by molar-refractivity contribution is 7.07. The molecule has 3 nitrogen and oxygen atoms in total. The van der Waals surface area contributed by atoms with Gasteiger partial charge in [-0.15, -0.1) is 11.3 Å². The van der Waals surface area contributed by atoms with Gasteiger partial charge in [0.25, 0.3) is 0 Å². The molecule has 0 amide bonds. The minimum atomic E-state index is 0.630. The normalized spacial score (nSPS) is 12.9. The van der Waals surface area contributed by atoms with Gasteiger partial charge in [-0.1, -0.05) is 6.92 Å². The Kier molecular flexibility index (Phi) is 6.55. The molecule has 0 aliphatic carbocycles. The van der Waals surface area contributed by atoms with Crippen LogP contribution >= 0.6 is 11.3 Å². The standard InChI is InChI=1S/C11H21N3S/c1-3-10(2)13-7-6-12-5-4-11-8-15-9-14-11/h8-10,12-13H,3-7H2,1-2H3. The van der Waals surface area contributed by atoms with E-state index in [1.807, 2.05) is 5.51 Å². The fourth-order valence-corrected chi connectivity index (χ4v) is 1.85. The molecule has 4 heteroatoms. The molecule has 1 unspecified atom stereocenters. The molecule has 1 atom stereocenters. The quantitative estimate of drug-likeness (QED) is 0.663. The van der Waals surface area contributed by atoms with Crippen molar-refractivity contribution in [3.63, 3.8) is 0 Å². The van der Waals surface area contributed by atoms with E-state index in [9.17, 15) is 0 Å². The smallest absolute Gasteiger partial charge is 0.0794 e. The van der Waals surface area contributed by atoms with Crippen LogP contribution in [0.25, 0.3) is 0 Å². The molecule has 86 valence electrons. The summed E-state index contributed by atoms with van der Waals surface area (Å²) in [6.45, 7) is 7.52. The summed E-state index contributed by atoms with van der Waals surface area (Å²) < 4.78 is 0. The van der Waals surface area contributed by atoms with E-state index < -0.39 is 0 Å². The Bertz CT molecular complexity index is 236. The average molecular weight is 227 g/mol. The van der Waals surface area contributed by atoms with Gasteiger partial charge in [-0.05, 0) is 13.3 Å². The van der Waals surface area contributed by atoms with Crippen LogP contribution in [0.1, 0.15) is 26.0 Å². The zero-order chi connectivity index (χ0) is 10.9. The van der Waals surface area contributed by atoms with Gasteiger partial charge < -0.3 is 10.6 Å². The monoisotopic (exact) mass is 227 g/mol. The zero-order valence-corrected chi connectivity index (χ0v) is 10.4. The number of hydrogen-bond acceptors (Lipinski definition) is 4. The minimum absolute atomic E-state index is 0.630. The largest absolute Gasteiger partial charge is 0.315 e. The zero-order valence-electron chi connectivity index (χ0n) is 9.62. The van der Waals surface area contributed by atoms with Crippen LogP contribution in [0.5, 0.6) is 0 Å². The second-order valence-corrected chi connectivity index (χ2v) is 4.46. The molecule has 1 aromatic rings. The summed E-state index contributed by atoms with van der Waals surface area (Å²) in [6.07, 6.45) is 2.23. The molecule has 0 aromatic carbocycles. The van der Waals surface area contributed by atoms with Crippen molar-refractivity contribution in [2.24, 2.45) is 0 Å². The lowest BCUT2D eigenvalue weighted by Gasteiger charge is -2.11. The maximum atomic E-state index is 4.24. The molecule has 0 aliphatic heterocycles. The molecule has 0 bridgehead atoms. The van der Waals surface area contributed by atoms with Crippen LogP contribution in [0.15, 0.2) is 10.9 Å². The van der Waals surface area contributed by atoms with E-state index in [0.717, 1.165) is 26.1 Å². The molecule has 0 aliphatic rings. The van der Waals surface area contributed by atoms with E-state index in [1.54, 1.807) is 11.3 Å². The first-order chi connectivity index (χ1) is 7.33. The molecule has 1 heterocycles. The minimum Gasteiger partial charge on any atom is -0.315 e. The van der Waals surface area contributed by atoms with Crippen molar-refractivity contribution in [1.82, 2.24) is 15.6 Å². The van der Waals surface area contributed by atoms with Crippen LogP contribution in [0, 0.1) is 0 Å². The molecule has 1 aromatic heterocycles. The second-order valence-electron chi connectivity index (χ2n) is 3.74. The topological polar surface area (TPSA) is 37.0 Å². The van der Waals surface area contributed by atoms with Crippen molar-refractivity contribution in [3.8, 4) is 0 Å². The number of nitrogens with zero attached hydrogens (tertiary/aromatic N) is 1. The molecular formula is C11H21N3S. The number of aromatic nitrogens is 1. The van der Waals surface area contributed by atoms with Gasteiger partial charge in [0.1, 0.15) is 0 Å². The lowest BCUT2D eigenvalue weighted by molar-refractivity contribution is 0.517. The van der Waals surface area contributed by atoms with Crippen LogP contribution in [-0.4, -0.2) is 30.7 Å². The van der Waals surface area contributed by atoms with E-state index in [2.05, 4.69) is 34.8 Å². The first-order valence-corrected chi connectivity index (χ1v) is 6.58. The summed E-state index contributed by atoms with van der Waals surface area (Å²) in [5.74, 6) is 0. The van der Waals surface area contributed by atoms with Crippen LogP contribution < -0.4 is 10.6 Å². The fraction of sp³-hybridized carbons (Fsp3) is 0.727. The van der Waals surface area contributed by atoms with E-state index in [0.29, 0.717) is 6.04 Å². The van der Waals surface area contributed by atoms with Gasteiger partial charge in [-0.3, -0.25) is 0 Å². The summed E-state index contributed by atoms with van der Waals surface area (Å²) in [7, 11) is 0. The highest BCUT2D eigenvalue weighted by Gasteiger charge is 1.96. The fourth-order valence-electron chi connectivity index (χ4n) is 1.25. The van der Waals surface area contributed by atoms with E-state index in [1.165, 1.54) is 12.1 Å². The summed E-state index contributed by atoms with van der Waals surface area (Å²) in [6, 6.07) is 0.630. The predicted octanol–water partition coefficient (Wildman–Crippen LogP) is 1.66. The summed E-state index contributed by atoms with van der Waals surface area (Å²) in [5.41, 5.74) is 3.09. The molecule has 0 spiro atoms. The van der Waals surface area contributed by atoms with Gasteiger partial charge in [0, 0.05) is 37.5 Å². The Balaban J connectivity index is 1.89. The van der Waals surface area contributed by atoms with E-state index >= 15 is 0 Å². The molecule has 15 heavy (non-hydrogen) atoms. The van der Waals surface area contributed by atoms with Gasteiger partial charge in [0.15, 0.2) is 0 Å². The van der Waals surface area contributed by atoms with Crippen molar-refractivity contribution in [1.29, 1.82) is 0 Å². The Morgan fingerprint density at radius 2 is 2.27 bits per heavy atom. The third-order valence-corrected chi connectivity index (χ3v) is 3.08. The van der Waals surface area contributed by atoms with Crippen LogP contribution in [0.3, 0.4) is 0 Å². The number of rotatable bonds is 8. The number of nitrogens with one attached hydrogen (secondary N) is 2. The Morgan fingerprint density at radius 3 is 2.93 bits per heavy atom. The van der Waals surface area contributed by atoms with Crippen LogP contribution in [0.2, 0.25) is 0 Å². The van der Waals surface area contributed by atoms with Crippen LogP contribution in [0.4, 0.5) is 0 Å². The highest BCUT2D eigenvalue weighted by atomic mass is 32.1. The predicted molar refractivity (Wildman–Crippen MR) is 66.4 cm³/mol. The molecule has 0 fully saturated rings. The van der Waals surface area contributed by atoms with Crippen LogP contribution in [-0.2, 0) is 6.42 Å². The first kappa shape index (κ1) is 12.6. The number of thiazole rings is 1. The van der Waals surface area contributed by atoms with Gasteiger partial charge in [0.2, 0.25) is 0 Å². The third kappa shape index (κ3) is 5.87. The number of hydrogen-bond donors (Lipinski definition) is 2. The van der Waals surface area contributed by atoms with Gasteiger partial charge in [-0.25, -0.2) is 4.98 Å². The Labute approximate surface area is 96.3 Å². The molecule has 0 saturated heterocycles. The van der Waals surface area contributed by atoms with Crippen molar-refractivity contribution < 1.29 is 0 Å². The summed E-state index contributed by atoms with van der Waals surface area (Å²) in [4.78, 5) is 4.24. The van der Waals surface area contributed by atoms with E-state index in [4.69, 9.17) is 0 Å². The molecule has 2 N–H and O–H groups in total. The summed E-state index contributed by atoms with van der Waals surface area (Å²) in [5, 5.41) is 8.97. The molecule has 1 rings (SSSR count). The second kappa shape index (κ2) is 7.79. The highest BCUT2D eigenvalue weighted by Crippen LogP contribution is 2.00. The van der Waals surface area contributed by atoms with Crippen molar-refractivity contribution in [2.45, 2.75) is 32.7 Å². The molecule has 0 radical (unpaired) electrons. The molecule has 0 saturated carbocycles. The first-order valence-electron chi connectivity index (χ1n) is 5.64. The lowest BCUT2D eigenvalue weighted by atomic mass is 10.2. The van der Waals surface area contributed by atoms with Crippen molar-refractivity contribution in [3.05, 3.63) is 16.6 Å². The maximum Gasteiger partial charge on any atom is 0.0794 e.